The molecule has 0 saturated heterocycles. The Morgan fingerprint density at radius 1 is 1.20 bits per heavy atom. The quantitative estimate of drug-likeness (QED) is 0.276. The highest BCUT2D eigenvalue weighted by Crippen LogP contribution is 2.10. The van der Waals surface area contributed by atoms with Crippen LogP contribution < -0.4 is 16.0 Å². The zero-order valence-electron chi connectivity index (χ0n) is 11.6. The highest BCUT2D eigenvalue weighted by molar-refractivity contribution is 14.0. The van der Waals surface area contributed by atoms with E-state index in [1.807, 2.05) is 19.2 Å². The summed E-state index contributed by atoms with van der Waals surface area (Å²) in [7, 11) is 3.53. The number of guanidine groups is 1. The van der Waals surface area contributed by atoms with Gasteiger partial charge in [0, 0.05) is 37.2 Å². The third-order valence-corrected chi connectivity index (χ3v) is 3.03. The van der Waals surface area contributed by atoms with Crippen molar-refractivity contribution in [2.75, 3.05) is 27.2 Å². The van der Waals surface area contributed by atoms with E-state index in [9.17, 15) is 4.79 Å². The van der Waals surface area contributed by atoms with Gasteiger partial charge in [0.2, 0.25) is 0 Å². The summed E-state index contributed by atoms with van der Waals surface area (Å²) in [6.45, 7) is 1.39. The lowest BCUT2D eigenvalue weighted by atomic mass is 10.2. The van der Waals surface area contributed by atoms with Gasteiger partial charge in [0.25, 0.3) is 5.91 Å². The predicted octanol–water partition coefficient (Wildman–Crippen LogP) is 1.98. The van der Waals surface area contributed by atoms with Gasteiger partial charge < -0.3 is 16.0 Å². The molecule has 1 amide bonds. The van der Waals surface area contributed by atoms with Crippen LogP contribution in [-0.2, 0) is 0 Å². The van der Waals surface area contributed by atoms with E-state index in [4.69, 9.17) is 0 Å². The van der Waals surface area contributed by atoms with Gasteiger partial charge in [-0.3, -0.25) is 9.79 Å². The maximum atomic E-state index is 11.8. The second kappa shape index (κ2) is 10.9. The molecule has 0 radical (unpaired) electrons. The lowest BCUT2D eigenvalue weighted by molar-refractivity contribution is 0.0953. The van der Waals surface area contributed by atoms with Crippen LogP contribution in [0.5, 0.6) is 0 Å². The van der Waals surface area contributed by atoms with E-state index < -0.39 is 0 Å². The lowest BCUT2D eigenvalue weighted by Crippen LogP contribution is -2.36. The van der Waals surface area contributed by atoms with E-state index in [0.29, 0.717) is 12.1 Å². The van der Waals surface area contributed by atoms with Crippen LogP contribution in [0.1, 0.15) is 16.8 Å². The van der Waals surface area contributed by atoms with Gasteiger partial charge in [-0.25, -0.2) is 0 Å². The molecule has 112 valence electrons. The Morgan fingerprint density at radius 2 is 1.80 bits per heavy atom. The Kier molecular flexibility index (Phi) is 10.4. The Balaban J connectivity index is 0.00000361. The van der Waals surface area contributed by atoms with Gasteiger partial charge in [-0.1, -0.05) is 15.9 Å². The van der Waals surface area contributed by atoms with Crippen LogP contribution in [0.25, 0.3) is 0 Å². The van der Waals surface area contributed by atoms with Gasteiger partial charge in [-0.05, 0) is 30.7 Å². The summed E-state index contributed by atoms with van der Waals surface area (Å²) in [6.07, 6.45) is 0.836. The zero-order chi connectivity index (χ0) is 14.1. The van der Waals surface area contributed by atoms with Crippen molar-refractivity contribution in [2.24, 2.45) is 4.99 Å². The summed E-state index contributed by atoms with van der Waals surface area (Å²) in [4.78, 5) is 15.8. The molecule has 20 heavy (non-hydrogen) atoms. The zero-order valence-corrected chi connectivity index (χ0v) is 15.5. The van der Waals surface area contributed by atoms with Crippen molar-refractivity contribution in [1.29, 1.82) is 0 Å². The normalized spacial score (nSPS) is 10.4. The number of aliphatic imine (C=N–C) groups is 1. The standard InChI is InChI=1S/C13H19BrN4O.HI/c1-15-13(16-2)18-9-3-8-17-12(19)10-4-6-11(14)7-5-10;/h4-7H,3,8-9H2,1-2H3,(H,17,19)(H2,15,16,18);1H. The number of rotatable bonds is 5. The number of carbonyl (C=O) groups is 1. The van der Waals surface area contributed by atoms with E-state index in [1.165, 1.54) is 0 Å². The Hall–Kier alpha value is -0.830. The number of benzene rings is 1. The average Bonchev–Trinajstić information content (AvgIpc) is 2.43. The van der Waals surface area contributed by atoms with Crippen LogP contribution in [0, 0.1) is 0 Å². The molecule has 7 heteroatoms. The molecule has 5 nitrogen and oxygen atoms in total. The van der Waals surface area contributed by atoms with Crippen molar-refractivity contribution < 1.29 is 4.79 Å². The second-order valence-electron chi connectivity index (χ2n) is 3.87. The van der Waals surface area contributed by atoms with Crippen LogP contribution in [-0.4, -0.2) is 39.1 Å². The highest BCUT2D eigenvalue weighted by atomic mass is 127. The molecule has 0 heterocycles. The summed E-state index contributed by atoms with van der Waals surface area (Å²) in [5, 5.41) is 8.92. The average molecular weight is 455 g/mol. The maximum absolute atomic E-state index is 11.8. The Labute approximate surface area is 145 Å². The fraction of sp³-hybridized carbons (Fsp3) is 0.385. The summed E-state index contributed by atoms with van der Waals surface area (Å²) in [6, 6.07) is 7.29. The van der Waals surface area contributed by atoms with Gasteiger partial charge >= 0.3 is 0 Å². The van der Waals surface area contributed by atoms with Gasteiger partial charge in [-0.2, -0.15) is 0 Å². The summed E-state index contributed by atoms with van der Waals surface area (Å²) < 4.78 is 0.965. The van der Waals surface area contributed by atoms with Crippen molar-refractivity contribution >= 4 is 51.8 Å². The van der Waals surface area contributed by atoms with Gasteiger partial charge in [0.05, 0.1) is 0 Å². The number of hydrogen-bond donors (Lipinski definition) is 3. The summed E-state index contributed by atoms with van der Waals surface area (Å²) in [5.41, 5.74) is 0.669. The monoisotopic (exact) mass is 454 g/mol. The Bertz CT molecular complexity index is 437. The molecule has 1 aromatic rings. The van der Waals surface area contributed by atoms with Gasteiger partial charge in [0.15, 0.2) is 5.96 Å². The predicted molar refractivity (Wildman–Crippen MR) is 96.9 cm³/mol. The van der Waals surface area contributed by atoms with Crippen LogP contribution in [0.2, 0.25) is 0 Å². The minimum atomic E-state index is -0.0505. The first kappa shape index (κ1) is 19.2. The topological polar surface area (TPSA) is 65.5 Å². The molecule has 0 unspecified atom stereocenters. The van der Waals surface area contributed by atoms with Crippen LogP contribution in [0.3, 0.4) is 0 Å². The number of halogens is 2. The van der Waals surface area contributed by atoms with E-state index in [-0.39, 0.29) is 29.9 Å². The number of nitrogens with zero attached hydrogens (tertiary/aromatic N) is 1. The largest absolute Gasteiger partial charge is 0.359 e. The van der Waals surface area contributed by atoms with Crippen molar-refractivity contribution in [2.45, 2.75) is 6.42 Å². The third kappa shape index (κ3) is 7.09. The van der Waals surface area contributed by atoms with Crippen molar-refractivity contribution in [3.05, 3.63) is 34.3 Å². The number of amides is 1. The molecular weight excluding hydrogens is 435 g/mol. The molecule has 1 rings (SSSR count). The molecule has 0 atom stereocenters. The molecule has 0 bridgehead atoms. The minimum Gasteiger partial charge on any atom is -0.359 e. The van der Waals surface area contributed by atoms with Crippen LogP contribution in [0.15, 0.2) is 33.7 Å². The smallest absolute Gasteiger partial charge is 0.251 e. The molecule has 0 aliphatic heterocycles. The van der Waals surface area contributed by atoms with Gasteiger partial charge in [-0.15, -0.1) is 24.0 Å². The molecule has 0 saturated carbocycles. The number of hydrogen-bond acceptors (Lipinski definition) is 2. The Morgan fingerprint density at radius 3 is 2.35 bits per heavy atom. The van der Waals surface area contributed by atoms with E-state index in [1.54, 1.807) is 19.2 Å². The first-order valence-electron chi connectivity index (χ1n) is 6.09. The van der Waals surface area contributed by atoms with E-state index >= 15 is 0 Å². The summed E-state index contributed by atoms with van der Waals surface area (Å²) in [5.74, 6) is 0.699. The number of nitrogens with one attached hydrogen (secondary N) is 3. The molecule has 0 aromatic heterocycles. The maximum Gasteiger partial charge on any atom is 0.251 e. The van der Waals surface area contributed by atoms with Gasteiger partial charge in [0.1, 0.15) is 0 Å². The van der Waals surface area contributed by atoms with Crippen LogP contribution in [0.4, 0.5) is 0 Å². The second-order valence-corrected chi connectivity index (χ2v) is 4.78. The first-order chi connectivity index (χ1) is 9.17. The van der Waals surface area contributed by atoms with Crippen molar-refractivity contribution in [3.8, 4) is 0 Å². The minimum absolute atomic E-state index is 0. The molecule has 0 aliphatic carbocycles. The molecule has 0 fully saturated rings. The third-order valence-electron chi connectivity index (χ3n) is 2.50. The van der Waals surface area contributed by atoms with Crippen molar-refractivity contribution in [1.82, 2.24) is 16.0 Å². The summed E-state index contributed by atoms with van der Waals surface area (Å²) >= 11 is 3.34. The molecular formula is C13H20BrIN4O. The fourth-order valence-electron chi connectivity index (χ4n) is 1.48. The SMILES string of the molecule is CN=C(NC)NCCCNC(=O)c1ccc(Br)cc1.I. The number of carbonyl (C=O) groups excluding carboxylic acids is 1. The van der Waals surface area contributed by atoms with E-state index in [2.05, 4.69) is 36.9 Å². The lowest BCUT2D eigenvalue weighted by Gasteiger charge is -2.09. The van der Waals surface area contributed by atoms with Crippen molar-refractivity contribution in [3.63, 3.8) is 0 Å². The van der Waals surface area contributed by atoms with Crippen LogP contribution >= 0.6 is 39.9 Å². The fourth-order valence-corrected chi connectivity index (χ4v) is 1.74. The molecule has 1 aromatic carbocycles. The molecule has 0 spiro atoms. The molecule has 3 N–H and O–H groups in total. The van der Waals surface area contributed by atoms with E-state index in [0.717, 1.165) is 23.4 Å². The molecule has 0 aliphatic rings. The first-order valence-corrected chi connectivity index (χ1v) is 6.89. The highest BCUT2D eigenvalue weighted by Gasteiger charge is 2.03.